The quantitative estimate of drug-likeness (QED) is 0.840. The van der Waals surface area contributed by atoms with E-state index in [-0.39, 0.29) is 5.91 Å². The van der Waals surface area contributed by atoms with Crippen LogP contribution in [0.1, 0.15) is 25.3 Å². The predicted octanol–water partition coefficient (Wildman–Crippen LogP) is 2.00. The van der Waals surface area contributed by atoms with Crippen molar-refractivity contribution in [2.24, 2.45) is 5.73 Å². The zero-order valence-electron chi connectivity index (χ0n) is 11.0. The van der Waals surface area contributed by atoms with Gasteiger partial charge in [-0.25, -0.2) is 0 Å². The lowest BCUT2D eigenvalue weighted by atomic mass is 10.1. The van der Waals surface area contributed by atoms with Gasteiger partial charge < -0.3 is 15.8 Å². The molecule has 1 aromatic carbocycles. The highest BCUT2D eigenvalue weighted by atomic mass is 79.9. The van der Waals surface area contributed by atoms with E-state index in [1.54, 1.807) is 6.92 Å². The minimum atomic E-state index is -0.489. The summed E-state index contributed by atoms with van der Waals surface area (Å²) in [5.41, 5.74) is 6.67. The Bertz CT molecular complexity index is 461. The van der Waals surface area contributed by atoms with Gasteiger partial charge in [0.25, 0.3) is 5.91 Å². The highest BCUT2D eigenvalue weighted by molar-refractivity contribution is 9.10. The maximum atomic E-state index is 11.8. The zero-order valence-corrected chi connectivity index (χ0v) is 12.6. The number of nitrogens with one attached hydrogen (secondary N) is 1. The average Bonchev–Trinajstić information content (AvgIpc) is 3.16. The molecule has 5 heteroatoms. The van der Waals surface area contributed by atoms with Gasteiger partial charge in [0, 0.05) is 6.04 Å². The van der Waals surface area contributed by atoms with Gasteiger partial charge in [-0.3, -0.25) is 4.79 Å². The van der Waals surface area contributed by atoms with Gasteiger partial charge in [0.1, 0.15) is 5.75 Å². The van der Waals surface area contributed by atoms with Gasteiger partial charge in [-0.2, -0.15) is 0 Å². The zero-order chi connectivity index (χ0) is 13.8. The van der Waals surface area contributed by atoms with Gasteiger partial charge in [0.15, 0.2) is 6.10 Å². The predicted molar refractivity (Wildman–Crippen MR) is 78.2 cm³/mol. The molecule has 0 spiro atoms. The van der Waals surface area contributed by atoms with E-state index in [9.17, 15) is 4.79 Å². The molecule has 104 valence electrons. The summed E-state index contributed by atoms with van der Waals surface area (Å²) < 4.78 is 6.53. The molecule has 1 aliphatic carbocycles. The van der Waals surface area contributed by atoms with Gasteiger partial charge in [0.2, 0.25) is 0 Å². The van der Waals surface area contributed by atoms with Crippen molar-refractivity contribution in [2.75, 3.05) is 6.54 Å². The summed E-state index contributed by atoms with van der Waals surface area (Å²) >= 11 is 3.46. The number of carbonyl (C=O) groups is 1. The van der Waals surface area contributed by atoms with Gasteiger partial charge in [-0.05, 0) is 66.4 Å². The van der Waals surface area contributed by atoms with Crippen molar-refractivity contribution >= 4 is 21.8 Å². The van der Waals surface area contributed by atoms with Crippen molar-refractivity contribution in [1.82, 2.24) is 5.32 Å². The fourth-order valence-corrected chi connectivity index (χ4v) is 2.27. The van der Waals surface area contributed by atoms with Crippen LogP contribution in [0.4, 0.5) is 0 Å². The van der Waals surface area contributed by atoms with Crippen molar-refractivity contribution in [2.45, 2.75) is 38.3 Å². The Morgan fingerprint density at radius 1 is 1.58 bits per heavy atom. The Balaban J connectivity index is 1.95. The van der Waals surface area contributed by atoms with Crippen LogP contribution in [0.15, 0.2) is 22.7 Å². The Morgan fingerprint density at radius 3 is 2.89 bits per heavy atom. The fraction of sp³-hybridized carbons (Fsp3) is 0.500. The van der Waals surface area contributed by atoms with Crippen LogP contribution in [-0.2, 0) is 11.2 Å². The number of hydrogen-bond donors (Lipinski definition) is 2. The summed E-state index contributed by atoms with van der Waals surface area (Å²) in [6, 6.07) is 6.18. The molecule has 0 aromatic heterocycles. The van der Waals surface area contributed by atoms with Crippen LogP contribution in [0.3, 0.4) is 0 Å². The van der Waals surface area contributed by atoms with Gasteiger partial charge in [0.05, 0.1) is 4.47 Å². The third kappa shape index (κ3) is 4.21. The summed E-state index contributed by atoms with van der Waals surface area (Å²) in [5.74, 6) is 0.625. The van der Waals surface area contributed by atoms with Crippen LogP contribution in [-0.4, -0.2) is 24.6 Å². The summed E-state index contributed by atoms with van der Waals surface area (Å²) in [4.78, 5) is 11.8. The average molecular weight is 327 g/mol. The van der Waals surface area contributed by atoms with Crippen molar-refractivity contribution < 1.29 is 9.53 Å². The number of hydrogen-bond acceptors (Lipinski definition) is 3. The summed E-state index contributed by atoms with van der Waals surface area (Å²) in [5, 5.41) is 2.93. The molecule has 0 saturated heterocycles. The molecule has 1 fully saturated rings. The number of rotatable bonds is 6. The second-order valence-electron chi connectivity index (χ2n) is 4.85. The molecule has 4 nitrogen and oxygen atoms in total. The minimum absolute atomic E-state index is 0.0552. The molecule has 0 aliphatic heterocycles. The first-order valence-electron chi connectivity index (χ1n) is 6.55. The Kier molecular flexibility index (Phi) is 4.82. The normalized spacial score (nSPS) is 15.9. The lowest BCUT2D eigenvalue weighted by Gasteiger charge is -2.16. The van der Waals surface area contributed by atoms with E-state index < -0.39 is 6.10 Å². The largest absolute Gasteiger partial charge is 0.480 e. The molecular weight excluding hydrogens is 308 g/mol. The first-order valence-corrected chi connectivity index (χ1v) is 7.35. The van der Waals surface area contributed by atoms with Crippen LogP contribution < -0.4 is 15.8 Å². The number of ether oxygens (including phenoxy) is 1. The maximum absolute atomic E-state index is 11.8. The lowest BCUT2D eigenvalue weighted by Crippen LogP contribution is -2.37. The molecule has 0 bridgehead atoms. The van der Waals surface area contributed by atoms with Crippen molar-refractivity contribution in [3.05, 3.63) is 28.2 Å². The first-order chi connectivity index (χ1) is 9.10. The molecule has 1 amide bonds. The van der Waals surface area contributed by atoms with Gasteiger partial charge >= 0.3 is 0 Å². The Labute approximate surface area is 121 Å². The maximum Gasteiger partial charge on any atom is 0.260 e. The Hall–Kier alpha value is -1.07. The molecule has 19 heavy (non-hydrogen) atoms. The van der Waals surface area contributed by atoms with Gasteiger partial charge in [-0.1, -0.05) is 6.07 Å². The van der Waals surface area contributed by atoms with E-state index in [1.807, 2.05) is 18.2 Å². The molecule has 0 radical (unpaired) electrons. The van der Waals surface area contributed by atoms with Crippen LogP contribution in [0.5, 0.6) is 5.75 Å². The highest BCUT2D eigenvalue weighted by Crippen LogP contribution is 2.27. The third-order valence-electron chi connectivity index (χ3n) is 3.03. The van der Waals surface area contributed by atoms with E-state index in [1.165, 1.54) is 0 Å². The molecule has 1 saturated carbocycles. The summed E-state index contributed by atoms with van der Waals surface area (Å²) in [7, 11) is 0. The number of nitrogens with two attached hydrogens (primary N) is 1. The molecule has 3 N–H and O–H groups in total. The van der Waals surface area contributed by atoms with Crippen molar-refractivity contribution in [3.8, 4) is 5.75 Å². The molecular formula is C14H19BrN2O2. The Morgan fingerprint density at radius 2 is 2.32 bits per heavy atom. The van der Waals surface area contributed by atoms with Crippen LogP contribution in [0.2, 0.25) is 0 Å². The first kappa shape index (κ1) is 14.3. The number of carbonyl (C=O) groups excluding carboxylic acids is 1. The van der Waals surface area contributed by atoms with Crippen LogP contribution >= 0.6 is 15.9 Å². The third-order valence-corrected chi connectivity index (χ3v) is 3.65. The summed E-state index contributed by atoms with van der Waals surface area (Å²) in [6.45, 7) is 2.38. The minimum Gasteiger partial charge on any atom is -0.480 e. The molecule has 0 heterocycles. The van der Waals surface area contributed by atoms with Gasteiger partial charge in [-0.15, -0.1) is 0 Å². The van der Waals surface area contributed by atoms with Crippen LogP contribution in [0.25, 0.3) is 0 Å². The molecule has 1 aromatic rings. The summed E-state index contributed by atoms with van der Waals surface area (Å²) in [6.07, 6.45) is 2.50. The molecule has 2 rings (SSSR count). The standard InChI is InChI=1S/C14H19BrN2O2/c1-9(14(18)17-11-3-4-11)19-13-5-2-10(6-7-16)8-12(13)15/h2,5,8-9,11H,3-4,6-7,16H2,1H3,(H,17,18). The smallest absolute Gasteiger partial charge is 0.260 e. The molecule has 1 aliphatic rings. The van der Waals surface area contributed by atoms with E-state index in [0.717, 1.165) is 29.3 Å². The molecule has 1 unspecified atom stereocenters. The topological polar surface area (TPSA) is 64.3 Å². The highest BCUT2D eigenvalue weighted by Gasteiger charge is 2.26. The fourth-order valence-electron chi connectivity index (χ4n) is 1.75. The number of amides is 1. The van der Waals surface area contributed by atoms with Crippen LogP contribution in [0, 0.1) is 0 Å². The second kappa shape index (κ2) is 6.39. The van der Waals surface area contributed by atoms with Crippen molar-refractivity contribution in [1.29, 1.82) is 0 Å². The lowest BCUT2D eigenvalue weighted by molar-refractivity contribution is -0.127. The number of benzene rings is 1. The van der Waals surface area contributed by atoms with Crippen molar-refractivity contribution in [3.63, 3.8) is 0 Å². The SMILES string of the molecule is CC(Oc1ccc(CCN)cc1Br)C(=O)NC1CC1. The molecule has 1 atom stereocenters. The van der Waals surface area contributed by atoms with E-state index >= 15 is 0 Å². The second-order valence-corrected chi connectivity index (χ2v) is 5.70. The van der Waals surface area contributed by atoms with E-state index in [4.69, 9.17) is 10.5 Å². The van der Waals surface area contributed by atoms with E-state index in [2.05, 4.69) is 21.2 Å². The number of halogens is 1. The van der Waals surface area contributed by atoms with E-state index in [0.29, 0.717) is 18.3 Å². The monoisotopic (exact) mass is 326 g/mol.